The van der Waals surface area contributed by atoms with Gasteiger partial charge in [-0.1, -0.05) is 0 Å². The maximum Gasteiger partial charge on any atom is 0.106 e. The fourth-order valence-corrected chi connectivity index (χ4v) is 2.20. The molecule has 1 unspecified atom stereocenters. The van der Waals surface area contributed by atoms with Crippen molar-refractivity contribution in [2.45, 2.75) is 25.0 Å². The highest BCUT2D eigenvalue weighted by Crippen LogP contribution is 2.31. The number of hydrogen-bond acceptors (Lipinski definition) is 3. The minimum Gasteiger partial charge on any atom is -0.376 e. The summed E-state index contributed by atoms with van der Waals surface area (Å²) in [6.45, 7) is 5.57. The molecule has 2 atom stereocenters. The van der Waals surface area contributed by atoms with Crippen LogP contribution in [0.2, 0.25) is 0 Å². The highest BCUT2D eigenvalue weighted by atomic mass is 16.6. The Balaban J connectivity index is 2.02. The van der Waals surface area contributed by atoms with Crippen LogP contribution in [0.25, 0.3) is 0 Å². The molecule has 0 radical (unpaired) electrons. The lowest BCUT2D eigenvalue weighted by atomic mass is 10.0. The van der Waals surface area contributed by atoms with E-state index in [2.05, 4.69) is 18.9 Å². The van der Waals surface area contributed by atoms with Crippen molar-refractivity contribution >= 4 is 0 Å². The molecule has 0 aliphatic carbocycles. The number of nitrogens with zero attached hydrogens (tertiary/aromatic N) is 1. The molecule has 3 heteroatoms. The van der Waals surface area contributed by atoms with Crippen molar-refractivity contribution in [3.8, 4) is 0 Å². The van der Waals surface area contributed by atoms with Crippen LogP contribution in [0.5, 0.6) is 0 Å². The first-order valence-electron chi connectivity index (χ1n) is 4.64. The number of hydrogen-bond donors (Lipinski definition) is 0. The van der Waals surface area contributed by atoms with Crippen LogP contribution in [0.4, 0.5) is 0 Å². The summed E-state index contributed by atoms with van der Waals surface area (Å²) in [5.41, 5.74) is 0.0203. The van der Waals surface area contributed by atoms with Crippen molar-refractivity contribution in [3.63, 3.8) is 0 Å². The van der Waals surface area contributed by atoms with Gasteiger partial charge in [0, 0.05) is 12.6 Å². The van der Waals surface area contributed by atoms with Gasteiger partial charge in [-0.05, 0) is 20.4 Å². The molecule has 2 heterocycles. The molecular weight excluding hydrogens is 154 g/mol. The fraction of sp³-hybridized carbons (Fsp3) is 1.00. The highest BCUT2D eigenvalue weighted by molar-refractivity contribution is 4.96. The van der Waals surface area contributed by atoms with Crippen molar-refractivity contribution in [2.24, 2.45) is 0 Å². The Labute approximate surface area is 73.6 Å². The Kier molecular flexibility index (Phi) is 2.10. The van der Waals surface area contributed by atoms with Gasteiger partial charge in [-0.3, -0.25) is 0 Å². The van der Waals surface area contributed by atoms with Gasteiger partial charge in [-0.25, -0.2) is 0 Å². The average molecular weight is 171 g/mol. The zero-order valence-electron chi connectivity index (χ0n) is 7.88. The quantitative estimate of drug-likeness (QED) is 0.529. The van der Waals surface area contributed by atoms with Gasteiger partial charge in [0.15, 0.2) is 0 Å². The van der Waals surface area contributed by atoms with E-state index in [0.717, 1.165) is 32.8 Å². The predicted molar refractivity (Wildman–Crippen MR) is 46.2 cm³/mol. The second-order valence-corrected chi connectivity index (χ2v) is 4.05. The molecule has 2 aliphatic heterocycles. The molecule has 0 N–H and O–H groups in total. The number of likely N-dealkylation sites (N-methyl/N-ethyl adjacent to an activating group) is 1. The highest BCUT2D eigenvalue weighted by Gasteiger charge is 2.43. The van der Waals surface area contributed by atoms with Gasteiger partial charge >= 0.3 is 0 Å². The molecule has 2 rings (SSSR count). The number of likely N-dealkylation sites (tertiary alicyclic amines) is 1. The summed E-state index contributed by atoms with van der Waals surface area (Å²) < 4.78 is 11.3. The van der Waals surface area contributed by atoms with E-state index < -0.39 is 0 Å². The van der Waals surface area contributed by atoms with Crippen molar-refractivity contribution in [1.29, 1.82) is 0 Å². The van der Waals surface area contributed by atoms with E-state index in [9.17, 15) is 0 Å². The SMILES string of the molecule is CC1C[C@@]2(COCCO2)CN1C. The van der Waals surface area contributed by atoms with Crippen LogP contribution in [0.3, 0.4) is 0 Å². The molecule has 2 fully saturated rings. The summed E-state index contributed by atoms with van der Waals surface area (Å²) in [7, 11) is 2.15. The summed E-state index contributed by atoms with van der Waals surface area (Å²) in [5, 5.41) is 0. The van der Waals surface area contributed by atoms with Gasteiger partial charge in [0.25, 0.3) is 0 Å². The molecule has 0 bridgehead atoms. The lowest BCUT2D eigenvalue weighted by molar-refractivity contribution is -0.149. The molecule has 2 saturated heterocycles. The lowest BCUT2D eigenvalue weighted by Crippen LogP contribution is -2.44. The molecular formula is C9H17NO2. The second-order valence-electron chi connectivity index (χ2n) is 4.05. The van der Waals surface area contributed by atoms with E-state index in [0.29, 0.717) is 6.04 Å². The average Bonchev–Trinajstić information content (AvgIpc) is 2.29. The molecule has 0 saturated carbocycles. The molecule has 0 aromatic carbocycles. The van der Waals surface area contributed by atoms with Crippen molar-refractivity contribution < 1.29 is 9.47 Å². The van der Waals surface area contributed by atoms with Crippen molar-refractivity contribution in [2.75, 3.05) is 33.4 Å². The first-order chi connectivity index (χ1) is 5.72. The molecule has 70 valence electrons. The Morgan fingerprint density at radius 1 is 1.42 bits per heavy atom. The van der Waals surface area contributed by atoms with Crippen LogP contribution in [0.15, 0.2) is 0 Å². The van der Waals surface area contributed by atoms with Crippen LogP contribution < -0.4 is 0 Å². The summed E-state index contributed by atoms with van der Waals surface area (Å²) >= 11 is 0. The van der Waals surface area contributed by atoms with Crippen LogP contribution in [0.1, 0.15) is 13.3 Å². The molecule has 0 aromatic heterocycles. The zero-order valence-corrected chi connectivity index (χ0v) is 7.88. The van der Waals surface area contributed by atoms with E-state index in [1.54, 1.807) is 0 Å². The maximum atomic E-state index is 5.80. The third-order valence-corrected chi connectivity index (χ3v) is 2.96. The molecule has 0 amide bonds. The summed E-state index contributed by atoms with van der Waals surface area (Å²) in [4.78, 5) is 2.34. The van der Waals surface area contributed by atoms with Gasteiger partial charge < -0.3 is 14.4 Å². The molecule has 0 aromatic rings. The molecule has 1 spiro atoms. The summed E-state index contributed by atoms with van der Waals surface area (Å²) in [6, 6.07) is 0.631. The standard InChI is InChI=1S/C9H17NO2/c1-8-5-9(6-10(8)2)7-11-3-4-12-9/h8H,3-7H2,1-2H3/t8?,9-/m0/s1. The van der Waals surface area contributed by atoms with Gasteiger partial charge in [-0.2, -0.15) is 0 Å². The van der Waals surface area contributed by atoms with Gasteiger partial charge in [0.2, 0.25) is 0 Å². The first-order valence-corrected chi connectivity index (χ1v) is 4.64. The summed E-state index contributed by atoms with van der Waals surface area (Å²) in [5.74, 6) is 0. The van der Waals surface area contributed by atoms with Crippen LogP contribution in [-0.2, 0) is 9.47 Å². The third kappa shape index (κ3) is 1.37. The van der Waals surface area contributed by atoms with Gasteiger partial charge in [0.05, 0.1) is 19.8 Å². The maximum absolute atomic E-state index is 5.80. The smallest absolute Gasteiger partial charge is 0.106 e. The Bertz CT molecular complexity index is 154. The largest absolute Gasteiger partial charge is 0.376 e. The van der Waals surface area contributed by atoms with Crippen molar-refractivity contribution in [1.82, 2.24) is 4.90 Å². The van der Waals surface area contributed by atoms with Crippen LogP contribution in [-0.4, -0.2) is 50.0 Å². The molecule has 2 aliphatic rings. The summed E-state index contributed by atoms with van der Waals surface area (Å²) in [6.07, 6.45) is 1.11. The topological polar surface area (TPSA) is 21.7 Å². The van der Waals surface area contributed by atoms with Crippen molar-refractivity contribution in [3.05, 3.63) is 0 Å². The van der Waals surface area contributed by atoms with E-state index in [1.807, 2.05) is 0 Å². The minimum atomic E-state index is 0.0203. The Morgan fingerprint density at radius 2 is 2.25 bits per heavy atom. The van der Waals surface area contributed by atoms with E-state index in [-0.39, 0.29) is 5.60 Å². The third-order valence-electron chi connectivity index (χ3n) is 2.96. The number of ether oxygens (including phenoxy) is 2. The Hall–Kier alpha value is -0.120. The molecule has 3 nitrogen and oxygen atoms in total. The van der Waals surface area contributed by atoms with Gasteiger partial charge in [0.1, 0.15) is 5.60 Å². The van der Waals surface area contributed by atoms with E-state index >= 15 is 0 Å². The van der Waals surface area contributed by atoms with Gasteiger partial charge in [-0.15, -0.1) is 0 Å². The number of rotatable bonds is 0. The minimum absolute atomic E-state index is 0.0203. The van der Waals surface area contributed by atoms with E-state index in [1.165, 1.54) is 0 Å². The Morgan fingerprint density at radius 3 is 2.75 bits per heavy atom. The van der Waals surface area contributed by atoms with Crippen LogP contribution >= 0.6 is 0 Å². The predicted octanol–water partition coefficient (Wildman–Crippen LogP) is 0.496. The monoisotopic (exact) mass is 171 g/mol. The van der Waals surface area contributed by atoms with Crippen LogP contribution in [0, 0.1) is 0 Å². The zero-order chi connectivity index (χ0) is 8.60. The second kappa shape index (κ2) is 2.98. The molecule has 12 heavy (non-hydrogen) atoms. The normalized spacial score (nSPS) is 44.0. The van der Waals surface area contributed by atoms with E-state index in [4.69, 9.17) is 9.47 Å². The lowest BCUT2D eigenvalue weighted by Gasteiger charge is -2.33. The fourth-order valence-electron chi connectivity index (χ4n) is 2.20. The first kappa shape index (κ1) is 8.48.